The van der Waals surface area contributed by atoms with E-state index in [1.54, 1.807) is 12.4 Å². The standard InChI is InChI=1S/C31H37N5O3/c1-21-14-22(15-30(37)35-24-18-34-36(19-24)31(2,3)4)7-10-28(21)39-29-11-13-33-27-9-8-25(16-26(27)29)38-20-23-6-5-12-32-17-23/h7-11,13-14,16,18-19,23,32H,5-6,12,15,17,20H2,1-4H3,(H,35,37)/t23-/m0/s1. The van der Waals surface area contributed by atoms with Crippen molar-refractivity contribution in [2.24, 2.45) is 5.92 Å². The van der Waals surface area contributed by atoms with Gasteiger partial charge in [0.05, 0.1) is 36.0 Å². The molecule has 4 aromatic rings. The Balaban J connectivity index is 1.25. The molecule has 1 saturated heterocycles. The van der Waals surface area contributed by atoms with Crippen LogP contribution in [0.5, 0.6) is 17.2 Å². The van der Waals surface area contributed by atoms with Gasteiger partial charge in [-0.3, -0.25) is 14.5 Å². The molecule has 3 heterocycles. The largest absolute Gasteiger partial charge is 0.493 e. The molecule has 0 radical (unpaired) electrons. The average Bonchev–Trinajstić information content (AvgIpc) is 3.39. The van der Waals surface area contributed by atoms with Crippen LogP contribution in [0, 0.1) is 12.8 Å². The number of amides is 1. The van der Waals surface area contributed by atoms with Crippen LogP contribution in [0.15, 0.2) is 61.1 Å². The minimum atomic E-state index is -0.142. The van der Waals surface area contributed by atoms with Crippen LogP contribution >= 0.6 is 0 Å². The Morgan fingerprint density at radius 2 is 2.03 bits per heavy atom. The molecule has 1 amide bonds. The highest BCUT2D eigenvalue weighted by Crippen LogP contribution is 2.33. The van der Waals surface area contributed by atoms with Gasteiger partial charge in [0.1, 0.15) is 17.2 Å². The summed E-state index contributed by atoms with van der Waals surface area (Å²) in [7, 11) is 0. The average molecular weight is 528 g/mol. The van der Waals surface area contributed by atoms with E-state index in [2.05, 4.69) is 41.5 Å². The van der Waals surface area contributed by atoms with E-state index in [4.69, 9.17) is 9.47 Å². The van der Waals surface area contributed by atoms with Crippen molar-refractivity contribution in [3.05, 3.63) is 72.2 Å². The number of aryl methyl sites for hydroxylation is 1. The quantitative estimate of drug-likeness (QED) is 0.299. The topological polar surface area (TPSA) is 90.3 Å². The van der Waals surface area contributed by atoms with Crippen LogP contribution in [0.1, 0.15) is 44.7 Å². The van der Waals surface area contributed by atoms with Gasteiger partial charge in [-0.2, -0.15) is 5.10 Å². The number of fused-ring (bicyclic) bond motifs is 1. The second kappa shape index (κ2) is 11.5. The number of nitrogens with one attached hydrogen (secondary N) is 2. The number of benzene rings is 2. The summed E-state index contributed by atoms with van der Waals surface area (Å²) in [4.78, 5) is 17.2. The molecular weight excluding hydrogens is 490 g/mol. The van der Waals surface area contributed by atoms with E-state index in [1.165, 1.54) is 12.8 Å². The second-order valence-corrected chi connectivity index (χ2v) is 11.3. The highest BCUT2D eigenvalue weighted by atomic mass is 16.5. The minimum Gasteiger partial charge on any atom is -0.493 e. The summed E-state index contributed by atoms with van der Waals surface area (Å²) in [6, 6.07) is 13.6. The molecule has 39 heavy (non-hydrogen) atoms. The van der Waals surface area contributed by atoms with Crippen LogP contribution in [0.4, 0.5) is 5.69 Å². The Morgan fingerprint density at radius 1 is 1.15 bits per heavy atom. The Hall–Kier alpha value is -3.91. The number of pyridine rings is 1. The van der Waals surface area contributed by atoms with Gasteiger partial charge in [0, 0.05) is 30.2 Å². The van der Waals surface area contributed by atoms with Crippen molar-refractivity contribution in [1.29, 1.82) is 0 Å². The molecule has 5 rings (SSSR count). The Bertz CT molecular complexity index is 1450. The molecule has 204 valence electrons. The van der Waals surface area contributed by atoms with Crippen LogP contribution in [0.3, 0.4) is 0 Å². The molecule has 1 fully saturated rings. The summed E-state index contributed by atoms with van der Waals surface area (Å²) >= 11 is 0. The molecule has 0 spiro atoms. The number of carbonyl (C=O) groups excluding carboxylic acids is 1. The van der Waals surface area contributed by atoms with E-state index in [1.807, 2.05) is 60.3 Å². The zero-order valence-corrected chi connectivity index (χ0v) is 23.2. The number of rotatable bonds is 8. The van der Waals surface area contributed by atoms with E-state index in [0.717, 1.165) is 46.6 Å². The molecule has 1 aliphatic rings. The third kappa shape index (κ3) is 6.75. The summed E-state index contributed by atoms with van der Waals surface area (Å²) in [6.07, 6.45) is 7.92. The van der Waals surface area contributed by atoms with Crippen molar-refractivity contribution < 1.29 is 14.3 Å². The molecule has 1 atom stereocenters. The second-order valence-electron chi connectivity index (χ2n) is 11.3. The predicted molar refractivity (Wildman–Crippen MR) is 154 cm³/mol. The number of aromatic nitrogens is 3. The third-order valence-electron chi connectivity index (χ3n) is 6.94. The lowest BCUT2D eigenvalue weighted by molar-refractivity contribution is -0.115. The van der Waals surface area contributed by atoms with E-state index in [0.29, 0.717) is 24.0 Å². The molecule has 8 heteroatoms. The molecule has 2 aromatic carbocycles. The van der Waals surface area contributed by atoms with Gasteiger partial charge >= 0.3 is 0 Å². The predicted octanol–water partition coefficient (Wildman–Crippen LogP) is 5.85. The lowest BCUT2D eigenvalue weighted by Gasteiger charge is -2.22. The molecule has 0 bridgehead atoms. The fraction of sp³-hybridized carbons (Fsp3) is 0.387. The number of piperidine rings is 1. The highest BCUT2D eigenvalue weighted by Gasteiger charge is 2.16. The van der Waals surface area contributed by atoms with Crippen molar-refractivity contribution in [3.63, 3.8) is 0 Å². The summed E-state index contributed by atoms with van der Waals surface area (Å²) in [5, 5.41) is 11.6. The van der Waals surface area contributed by atoms with Crippen LogP contribution in [-0.2, 0) is 16.8 Å². The van der Waals surface area contributed by atoms with Crippen molar-refractivity contribution in [1.82, 2.24) is 20.1 Å². The highest BCUT2D eigenvalue weighted by molar-refractivity contribution is 5.92. The van der Waals surface area contributed by atoms with Gasteiger partial charge in [-0.15, -0.1) is 0 Å². The molecule has 8 nitrogen and oxygen atoms in total. The lowest BCUT2D eigenvalue weighted by Crippen LogP contribution is -2.33. The van der Waals surface area contributed by atoms with Crippen molar-refractivity contribution >= 4 is 22.5 Å². The van der Waals surface area contributed by atoms with Crippen molar-refractivity contribution in [3.8, 4) is 17.2 Å². The van der Waals surface area contributed by atoms with Crippen LogP contribution in [-0.4, -0.2) is 40.4 Å². The SMILES string of the molecule is Cc1cc(CC(=O)Nc2cnn(C(C)(C)C)c2)ccc1Oc1ccnc2ccc(OC[C@H]3CCCNC3)cc12. The molecule has 2 N–H and O–H groups in total. The van der Waals surface area contributed by atoms with E-state index in [-0.39, 0.29) is 17.9 Å². The van der Waals surface area contributed by atoms with Crippen LogP contribution in [0.2, 0.25) is 0 Å². The van der Waals surface area contributed by atoms with Crippen LogP contribution < -0.4 is 20.1 Å². The fourth-order valence-corrected chi connectivity index (χ4v) is 4.76. The van der Waals surface area contributed by atoms with Gasteiger partial charge in [0.25, 0.3) is 0 Å². The zero-order chi connectivity index (χ0) is 27.4. The molecule has 0 aliphatic carbocycles. The van der Waals surface area contributed by atoms with E-state index >= 15 is 0 Å². The maximum atomic E-state index is 12.7. The summed E-state index contributed by atoms with van der Waals surface area (Å²) < 4.78 is 14.3. The Morgan fingerprint density at radius 3 is 2.77 bits per heavy atom. The molecule has 1 aliphatic heterocycles. The normalized spacial score (nSPS) is 15.7. The summed E-state index contributed by atoms with van der Waals surface area (Å²) in [5.74, 6) is 2.71. The summed E-state index contributed by atoms with van der Waals surface area (Å²) in [6.45, 7) is 11.0. The number of carbonyl (C=O) groups is 1. The number of hydrogen-bond donors (Lipinski definition) is 2. The molecule has 0 unspecified atom stereocenters. The smallest absolute Gasteiger partial charge is 0.228 e. The van der Waals surface area contributed by atoms with Gasteiger partial charge in [-0.1, -0.05) is 12.1 Å². The maximum absolute atomic E-state index is 12.7. The Kier molecular flexibility index (Phi) is 7.84. The van der Waals surface area contributed by atoms with Gasteiger partial charge in [-0.25, -0.2) is 0 Å². The number of anilines is 1. The number of ether oxygens (including phenoxy) is 2. The van der Waals surface area contributed by atoms with Gasteiger partial charge < -0.3 is 20.1 Å². The minimum absolute atomic E-state index is 0.0896. The fourth-order valence-electron chi connectivity index (χ4n) is 4.76. The van der Waals surface area contributed by atoms with E-state index < -0.39 is 0 Å². The van der Waals surface area contributed by atoms with Gasteiger partial charge in [0.15, 0.2) is 0 Å². The van der Waals surface area contributed by atoms with Crippen molar-refractivity contribution in [2.75, 3.05) is 25.0 Å². The maximum Gasteiger partial charge on any atom is 0.228 e. The molecular formula is C31H37N5O3. The first-order chi connectivity index (χ1) is 18.7. The Labute approximate surface area is 229 Å². The van der Waals surface area contributed by atoms with Crippen molar-refractivity contribution in [2.45, 2.75) is 52.5 Å². The number of nitrogens with zero attached hydrogens (tertiary/aromatic N) is 3. The first-order valence-electron chi connectivity index (χ1n) is 13.6. The van der Waals surface area contributed by atoms with E-state index in [9.17, 15) is 4.79 Å². The lowest BCUT2D eigenvalue weighted by atomic mass is 10.0. The third-order valence-corrected chi connectivity index (χ3v) is 6.94. The first kappa shape index (κ1) is 26.7. The first-order valence-corrected chi connectivity index (χ1v) is 13.6. The number of hydrogen-bond acceptors (Lipinski definition) is 6. The van der Waals surface area contributed by atoms with Crippen LogP contribution in [0.25, 0.3) is 10.9 Å². The summed E-state index contributed by atoms with van der Waals surface area (Å²) in [5.41, 5.74) is 3.25. The zero-order valence-electron chi connectivity index (χ0n) is 23.2. The van der Waals surface area contributed by atoms with Gasteiger partial charge in [0.2, 0.25) is 5.91 Å². The monoisotopic (exact) mass is 527 g/mol. The van der Waals surface area contributed by atoms with Gasteiger partial charge in [-0.05, 0) is 88.5 Å². The molecule has 0 saturated carbocycles. The molecule has 2 aromatic heterocycles.